The molecule has 1 saturated carbocycles. The number of rotatable bonds is 20. The molecule has 3 aromatic carbocycles. The number of benzene rings is 3. The maximum Gasteiger partial charge on any atom is 0.586 e. The van der Waals surface area contributed by atoms with Crippen LogP contribution in [0.3, 0.4) is 0 Å². The lowest BCUT2D eigenvalue weighted by atomic mass is 9.82. The number of carbonyl (C=O) groups excluding carboxylic acids is 4. The third kappa shape index (κ3) is 12.8. The number of hydrogen-bond acceptors (Lipinski definition) is 12. The molecule has 1 fully saturated rings. The molecule has 12 nitrogen and oxygen atoms in total. The van der Waals surface area contributed by atoms with Gasteiger partial charge in [0.25, 0.3) is 0 Å². The van der Waals surface area contributed by atoms with E-state index in [4.69, 9.17) is 28.4 Å². The van der Waals surface area contributed by atoms with E-state index in [0.29, 0.717) is 24.9 Å². The molecule has 0 saturated heterocycles. The Labute approximate surface area is 328 Å². The number of ether oxygens (including phenoxy) is 8. The Morgan fingerprint density at radius 3 is 2.02 bits per heavy atom. The van der Waals surface area contributed by atoms with E-state index >= 15 is 0 Å². The molecule has 1 heterocycles. The van der Waals surface area contributed by atoms with Crippen LogP contribution in [0.15, 0.2) is 98.1 Å². The van der Waals surface area contributed by atoms with Gasteiger partial charge in [0.15, 0.2) is 11.5 Å². The molecule has 0 atom stereocenters. The van der Waals surface area contributed by atoms with Gasteiger partial charge in [0.05, 0.1) is 18.3 Å². The van der Waals surface area contributed by atoms with Crippen molar-refractivity contribution in [3.63, 3.8) is 0 Å². The van der Waals surface area contributed by atoms with Crippen LogP contribution < -0.4 is 23.7 Å². The normalized spacial score (nSPS) is 16.7. The van der Waals surface area contributed by atoms with Crippen LogP contribution in [0.25, 0.3) is 0 Å². The van der Waals surface area contributed by atoms with Crippen molar-refractivity contribution in [3.8, 4) is 28.7 Å². The quantitative estimate of drug-likeness (QED) is 0.0356. The van der Waals surface area contributed by atoms with Crippen LogP contribution in [0.1, 0.15) is 83.6 Å². The van der Waals surface area contributed by atoms with Crippen molar-refractivity contribution < 1.29 is 65.9 Å². The molecule has 1 aliphatic heterocycles. The average Bonchev–Trinajstić information content (AvgIpc) is 3.56. The number of alkyl halides is 2. The molecule has 0 spiro atoms. The highest BCUT2D eigenvalue weighted by Crippen LogP contribution is 2.49. The second kappa shape index (κ2) is 20.8. The van der Waals surface area contributed by atoms with E-state index in [1.54, 1.807) is 24.3 Å². The monoisotopic (exact) mass is 790 g/mol. The Morgan fingerprint density at radius 1 is 0.684 bits per heavy atom. The first-order chi connectivity index (χ1) is 27.5. The van der Waals surface area contributed by atoms with E-state index in [9.17, 15) is 28.0 Å². The summed E-state index contributed by atoms with van der Waals surface area (Å²) in [6.07, 6.45) is 8.98. The molecule has 0 amide bonds. The van der Waals surface area contributed by atoms with Crippen molar-refractivity contribution in [1.29, 1.82) is 0 Å². The Balaban J connectivity index is 1.08. The smallest absolute Gasteiger partial charge is 0.490 e. The first-order valence-corrected chi connectivity index (χ1v) is 18.6. The van der Waals surface area contributed by atoms with E-state index in [1.807, 2.05) is 12.1 Å². The molecule has 0 N–H and O–H groups in total. The van der Waals surface area contributed by atoms with Gasteiger partial charge in [-0.3, -0.25) is 0 Å². The zero-order valence-corrected chi connectivity index (χ0v) is 31.3. The van der Waals surface area contributed by atoms with Gasteiger partial charge in [0, 0.05) is 18.8 Å². The zero-order valence-electron chi connectivity index (χ0n) is 31.3. The molecular formula is C43H44F2O12. The van der Waals surface area contributed by atoms with Crippen LogP contribution in [-0.2, 0) is 23.8 Å². The summed E-state index contributed by atoms with van der Waals surface area (Å²) in [5.74, 6) is -3.58. The molecule has 5 rings (SSSR count). The van der Waals surface area contributed by atoms with Gasteiger partial charge < -0.3 is 37.9 Å². The molecule has 2 aliphatic rings. The summed E-state index contributed by atoms with van der Waals surface area (Å²) in [7, 11) is 0. The van der Waals surface area contributed by atoms with Crippen molar-refractivity contribution in [1.82, 2.24) is 0 Å². The van der Waals surface area contributed by atoms with E-state index in [-0.39, 0.29) is 41.9 Å². The summed E-state index contributed by atoms with van der Waals surface area (Å²) >= 11 is 0. The summed E-state index contributed by atoms with van der Waals surface area (Å²) < 4.78 is 70.2. The minimum absolute atomic E-state index is 0.0637. The summed E-state index contributed by atoms with van der Waals surface area (Å²) in [4.78, 5) is 48.3. The maximum absolute atomic E-state index is 14.3. The van der Waals surface area contributed by atoms with Crippen LogP contribution >= 0.6 is 0 Å². The van der Waals surface area contributed by atoms with Gasteiger partial charge in [-0.25, -0.2) is 19.2 Å². The standard InChI is InChI=1S/C43H44F2O12/c1-3-37(46)52-27-8-6-5-7-25-50-32-17-15-30(16-18-32)29-11-13-31(14-12-29)41(48)55-36-24-23-35(39-40(36)57-43(44,45)56-39)42(49)54-34-21-19-33(20-22-34)51-26-9-10-28-53-38(47)4-2/h3-4,9-14,19-24,30,32H,1-2,5-8,15-18,25-28H2. The average molecular weight is 791 g/mol. The van der Waals surface area contributed by atoms with Gasteiger partial charge in [-0.05, 0) is 117 Å². The summed E-state index contributed by atoms with van der Waals surface area (Å²) in [6, 6.07) is 15.2. The predicted octanol–water partition coefficient (Wildman–Crippen LogP) is 8.44. The highest BCUT2D eigenvalue weighted by Gasteiger charge is 2.47. The second-order valence-corrected chi connectivity index (χ2v) is 13.1. The SMILES string of the molecule is C=CC(=O)OCC=CCOc1ccc(OC(=O)c2ccc(OC(=O)c3ccc(C4CCC(OCCCCCCOC(=O)C=C)CC4)cc3)c3c2OC(F)(F)O3)cc1. The lowest BCUT2D eigenvalue weighted by Crippen LogP contribution is -2.26. The first-order valence-electron chi connectivity index (χ1n) is 18.6. The fourth-order valence-corrected chi connectivity index (χ4v) is 6.13. The van der Waals surface area contributed by atoms with Crippen molar-refractivity contribution in [2.75, 3.05) is 26.4 Å². The number of fused-ring (bicyclic) bond motifs is 1. The maximum atomic E-state index is 14.3. The minimum Gasteiger partial charge on any atom is -0.490 e. The number of carbonyl (C=O) groups is 4. The number of unbranched alkanes of at least 4 members (excludes halogenated alkanes) is 3. The molecule has 3 aromatic rings. The van der Waals surface area contributed by atoms with Crippen LogP contribution in [-0.4, -0.2) is 62.7 Å². The van der Waals surface area contributed by atoms with Crippen molar-refractivity contribution in [2.24, 2.45) is 0 Å². The first kappa shape index (κ1) is 42.1. The Bertz CT molecular complexity index is 1900. The second-order valence-electron chi connectivity index (χ2n) is 13.1. The van der Waals surface area contributed by atoms with E-state index in [2.05, 4.69) is 22.6 Å². The van der Waals surface area contributed by atoms with Crippen LogP contribution in [0.4, 0.5) is 8.78 Å². The number of esters is 4. The fourth-order valence-electron chi connectivity index (χ4n) is 6.13. The molecule has 0 bridgehead atoms. The molecule has 14 heteroatoms. The molecule has 0 unspecified atom stereocenters. The van der Waals surface area contributed by atoms with Gasteiger partial charge in [-0.2, -0.15) is 0 Å². The highest BCUT2D eigenvalue weighted by atomic mass is 19.3. The summed E-state index contributed by atoms with van der Waals surface area (Å²) in [6.45, 7) is 8.01. The number of hydrogen-bond donors (Lipinski definition) is 0. The van der Waals surface area contributed by atoms with Gasteiger partial charge in [-0.1, -0.05) is 31.7 Å². The lowest BCUT2D eigenvalue weighted by Gasteiger charge is -2.29. The van der Waals surface area contributed by atoms with Gasteiger partial charge in [0.2, 0.25) is 5.75 Å². The third-order valence-corrected chi connectivity index (χ3v) is 9.07. The number of halogens is 2. The third-order valence-electron chi connectivity index (χ3n) is 9.07. The zero-order chi connectivity index (χ0) is 40.6. The van der Waals surface area contributed by atoms with Crippen molar-refractivity contribution in [2.45, 2.75) is 69.7 Å². The largest absolute Gasteiger partial charge is 0.586 e. The molecule has 1 aliphatic carbocycles. The predicted molar refractivity (Wildman–Crippen MR) is 202 cm³/mol. The molecule has 302 valence electrons. The van der Waals surface area contributed by atoms with E-state index in [0.717, 1.165) is 81.2 Å². The Kier molecular flexibility index (Phi) is 15.4. The van der Waals surface area contributed by atoms with Crippen molar-refractivity contribution in [3.05, 3.63) is 115 Å². The van der Waals surface area contributed by atoms with Crippen LogP contribution in [0, 0.1) is 0 Å². The summed E-state index contributed by atoms with van der Waals surface area (Å²) in [5, 5.41) is 0. The minimum atomic E-state index is -4.13. The molecule has 0 aromatic heterocycles. The topological polar surface area (TPSA) is 142 Å². The van der Waals surface area contributed by atoms with Gasteiger partial charge >= 0.3 is 30.2 Å². The van der Waals surface area contributed by atoms with Crippen LogP contribution in [0.2, 0.25) is 0 Å². The molecular weight excluding hydrogens is 746 g/mol. The lowest BCUT2D eigenvalue weighted by molar-refractivity contribution is -0.287. The van der Waals surface area contributed by atoms with Gasteiger partial charge in [-0.15, -0.1) is 8.78 Å². The highest BCUT2D eigenvalue weighted by molar-refractivity contribution is 5.97. The van der Waals surface area contributed by atoms with Crippen LogP contribution in [0.5, 0.6) is 28.7 Å². The van der Waals surface area contributed by atoms with E-state index in [1.165, 1.54) is 24.3 Å². The van der Waals surface area contributed by atoms with E-state index < -0.39 is 41.7 Å². The van der Waals surface area contributed by atoms with Crippen molar-refractivity contribution >= 4 is 23.9 Å². The Hall–Kier alpha value is -6.02. The molecule has 0 radical (unpaired) electrons. The fraction of sp³-hybridized carbons (Fsp3) is 0.349. The molecule has 57 heavy (non-hydrogen) atoms. The Morgan fingerprint density at radius 2 is 1.32 bits per heavy atom. The summed E-state index contributed by atoms with van der Waals surface area (Å²) in [5.41, 5.74) is 0.882. The van der Waals surface area contributed by atoms with Gasteiger partial charge in [0.1, 0.15) is 30.3 Å².